The first-order valence-corrected chi connectivity index (χ1v) is 6.31. The van der Waals surface area contributed by atoms with Gasteiger partial charge in [0.15, 0.2) is 5.03 Å². The second-order valence-electron chi connectivity index (χ2n) is 2.67. The number of aromatic nitrogens is 1. The van der Waals surface area contributed by atoms with Crippen molar-refractivity contribution in [1.82, 2.24) is 4.98 Å². The first kappa shape index (κ1) is 13.2. The summed E-state index contributed by atoms with van der Waals surface area (Å²) in [7, 11) is -4.30. The minimum Gasteiger partial charge on any atom is -0.233 e. The van der Waals surface area contributed by atoms with E-state index >= 15 is 0 Å². The molecule has 0 amide bonds. The SMILES string of the molecule is N#Cc1c(I)cc(C(F)F)nc1S(N)(=O)=O. The monoisotopic (exact) mass is 359 g/mol. The Hall–Kier alpha value is -0.860. The number of pyridine rings is 1. The van der Waals surface area contributed by atoms with Gasteiger partial charge in [0.2, 0.25) is 0 Å². The van der Waals surface area contributed by atoms with Crippen LogP contribution in [0.4, 0.5) is 8.78 Å². The van der Waals surface area contributed by atoms with E-state index in [9.17, 15) is 17.2 Å². The Morgan fingerprint density at radius 1 is 1.56 bits per heavy atom. The van der Waals surface area contributed by atoms with Crippen molar-refractivity contribution >= 4 is 32.6 Å². The van der Waals surface area contributed by atoms with Gasteiger partial charge in [-0.05, 0) is 28.7 Å². The number of nitriles is 1. The Kier molecular flexibility index (Phi) is 3.76. The molecule has 2 N–H and O–H groups in total. The number of sulfonamides is 1. The second-order valence-corrected chi connectivity index (χ2v) is 5.31. The Labute approximate surface area is 103 Å². The van der Waals surface area contributed by atoms with Gasteiger partial charge in [0.05, 0.1) is 0 Å². The van der Waals surface area contributed by atoms with Gasteiger partial charge in [-0.15, -0.1) is 0 Å². The van der Waals surface area contributed by atoms with Crippen LogP contribution in [0.25, 0.3) is 0 Å². The van der Waals surface area contributed by atoms with Crippen molar-refractivity contribution in [2.45, 2.75) is 11.5 Å². The molecular formula is C7H4F2IN3O2S. The summed E-state index contributed by atoms with van der Waals surface area (Å²) in [6.45, 7) is 0. The van der Waals surface area contributed by atoms with Crippen molar-refractivity contribution in [2.24, 2.45) is 5.14 Å². The number of primary sulfonamides is 1. The number of hydrogen-bond acceptors (Lipinski definition) is 4. The lowest BCUT2D eigenvalue weighted by Crippen LogP contribution is -2.17. The first-order valence-electron chi connectivity index (χ1n) is 3.69. The average molecular weight is 359 g/mol. The molecule has 0 aliphatic rings. The summed E-state index contributed by atoms with van der Waals surface area (Å²) in [5.41, 5.74) is -1.06. The normalized spacial score (nSPS) is 11.5. The maximum absolute atomic E-state index is 12.4. The summed E-state index contributed by atoms with van der Waals surface area (Å²) >= 11 is 1.57. The van der Waals surface area contributed by atoms with E-state index in [4.69, 9.17) is 10.4 Å². The van der Waals surface area contributed by atoms with Crippen molar-refractivity contribution < 1.29 is 17.2 Å². The Balaban J connectivity index is 3.64. The highest BCUT2D eigenvalue weighted by molar-refractivity contribution is 14.1. The second kappa shape index (κ2) is 4.56. The van der Waals surface area contributed by atoms with E-state index in [1.165, 1.54) is 0 Å². The van der Waals surface area contributed by atoms with Crippen molar-refractivity contribution in [3.63, 3.8) is 0 Å². The molecule has 0 aliphatic carbocycles. The van der Waals surface area contributed by atoms with Crippen LogP contribution in [0, 0.1) is 14.9 Å². The third-order valence-corrected chi connectivity index (χ3v) is 3.25. The Bertz CT molecular complexity index is 568. The van der Waals surface area contributed by atoms with E-state index in [-0.39, 0.29) is 9.13 Å². The molecule has 0 atom stereocenters. The van der Waals surface area contributed by atoms with Crippen LogP contribution < -0.4 is 5.14 Å². The van der Waals surface area contributed by atoms with Gasteiger partial charge in [-0.25, -0.2) is 27.3 Å². The van der Waals surface area contributed by atoms with Crippen molar-refractivity contribution in [1.29, 1.82) is 5.26 Å². The molecule has 1 rings (SSSR count). The molecule has 86 valence electrons. The molecule has 1 heterocycles. The fourth-order valence-electron chi connectivity index (χ4n) is 0.928. The van der Waals surface area contributed by atoms with Gasteiger partial charge in [0, 0.05) is 3.57 Å². The summed E-state index contributed by atoms with van der Waals surface area (Å²) in [5, 5.41) is 12.6. The maximum Gasteiger partial charge on any atom is 0.280 e. The topological polar surface area (TPSA) is 96.8 Å². The number of alkyl halides is 2. The zero-order valence-electron chi connectivity index (χ0n) is 7.49. The number of hydrogen-bond donors (Lipinski definition) is 1. The van der Waals surface area contributed by atoms with Crippen LogP contribution in [0.1, 0.15) is 17.7 Å². The van der Waals surface area contributed by atoms with Gasteiger partial charge in [-0.3, -0.25) is 0 Å². The number of nitrogens with zero attached hydrogens (tertiary/aromatic N) is 2. The van der Waals surface area contributed by atoms with Crippen LogP contribution in [0.5, 0.6) is 0 Å². The minimum atomic E-state index is -4.30. The molecule has 9 heteroatoms. The maximum atomic E-state index is 12.4. The van der Waals surface area contributed by atoms with Gasteiger partial charge in [-0.2, -0.15) is 5.26 Å². The molecule has 16 heavy (non-hydrogen) atoms. The molecule has 0 spiro atoms. The van der Waals surface area contributed by atoms with Gasteiger partial charge in [0.1, 0.15) is 17.3 Å². The smallest absolute Gasteiger partial charge is 0.233 e. The molecule has 0 aliphatic heterocycles. The molecule has 1 aromatic rings. The van der Waals surface area contributed by atoms with E-state index < -0.39 is 27.2 Å². The quantitative estimate of drug-likeness (QED) is 0.801. The van der Waals surface area contributed by atoms with Crippen molar-refractivity contribution in [3.05, 3.63) is 20.9 Å². The summed E-state index contributed by atoms with van der Waals surface area (Å²) in [6, 6.07) is 2.51. The van der Waals surface area contributed by atoms with Gasteiger partial charge in [0.25, 0.3) is 16.4 Å². The van der Waals surface area contributed by atoms with Gasteiger partial charge in [-0.1, -0.05) is 0 Å². The third kappa shape index (κ3) is 2.63. The van der Waals surface area contributed by atoms with E-state index in [0.29, 0.717) is 0 Å². The van der Waals surface area contributed by atoms with Crippen LogP contribution in [-0.2, 0) is 10.0 Å². The van der Waals surface area contributed by atoms with E-state index in [2.05, 4.69) is 4.98 Å². The lowest BCUT2D eigenvalue weighted by molar-refractivity contribution is 0.145. The van der Waals surface area contributed by atoms with Gasteiger partial charge >= 0.3 is 0 Å². The molecule has 0 unspecified atom stereocenters. The van der Waals surface area contributed by atoms with Crippen LogP contribution in [0.3, 0.4) is 0 Å². The molecule has 0 saturated carbocycles. The summed E-state index contributed by atoms with van der Waals surface area (Å²) in [6.07, 6.45) is -2.93. The molecule has 0 saturated heterocycles. The Morgan fingerprint density at radius 2 is 2.12 bits per heavy atom. The fraction of sp³-hybridized carbons (Fsp3) is 0.143. The standard InChI is InChI=1S/C7H4F2IN3O2S/c8-6(9)5-1-4(10)3(2-11)7(13-5)16(12,14)15/h1,6H,(H2,12,14,15). The highest BCUT2D eigenvalue weighted by Crippen LogP contribution is 2.24. The van der Waals surface area contributed by atoms with Crippen LogP contribution in [0.15, 0.2) is 11.1 Å². The predicted octanol–water partition coefficient (Wildman–Crippen LogP) is 1.14. The molecule has 0 aromatic carbocycles. The molecule has 0 bridgehead atoms. The number of rotatable bonds is 2. The van der Waals surface area contributed by atoms with Crippen LogP contribution >= 0.6 is 22.6 Å². The Morgan fingerprint density at radius 3 is 2.50 bits per heavy atom. The van der Waals surface area contributed by atoms with Gasteiger partial charge < -0.3 is 0 Å². The van der Waals surface area contributed by atoms with E-state index in [0.717, 1.165) is 6.07 Å². The lowest BCUT2D eigenvalue weighted by Gasteiger charge is -2.06. The zero-order valence-corrected chi connectivity index (χ0v) is 10.5. The highest BCUT2D eigenvalue weighted by atomic mass is 127. The average Bonchev–Trinajstić information content (AvgIpc) is 2.14. The summed E-state index contributed by atoms with van der Waals surface area (Å²) in [5.74, 6) is 0. The lowest BCUT2D eigenvalue weighted by atomic mass is 10.3. The highest BCUT2D eigenvalue weighted by Gasteiger charge is 2.22. The summed E-state index contributed by atoms with van der Waals surface area (Å²) in [4.78, 5) is 3.18. The van der Waals surface area contributed by atoms with E-state index in [1.807, 2.05) is 0 Å². The molecule has 5 nitrogen and oxygen atoms in total. The summed E-state index contributed by atoms with van der Waals surface area (Å²) < 4.78 is 46.9. The molecule has 0 radical (unpaired) electrons. The molecular weight excluding hydrogens is 355 g/mol. The van der Waals surface area contributed by atoms with Crippen LogP contribution in [0.2, 0.25) is 0 Å². The predicted molar refractivity (Wildman–Crippen MR) is 58.0 cm³/mol. The zero-order chi connectivity index (χ0) is 12.5. The molecule has 1 aromatic heterocycles. The van der Waals surface area contributed by atoms with Crippen molar-refractivity contribution in [2.75, 3.05) is 0 Å². The fourth-order valence-corrected chi connectivity index (χ4v) is 2.48. The van der Waals surface area contributed by atoms with Crippen molar-refractivity contribution in [3.8, 4) is 6.07 Å². The number of halogens is 3. The third-order valence-electron chi connectivity index (χ3n) is 1.56. The van der Waals surface area contributed by atoms with Crippen LogP contribution in [-0.4, -0.2) is 13.4 Å². The molecule has 0 fully saturated rings. The largest absolute Gasteiger partial charge is 0.280 e. The first-order chi connectivity index (χ1) is 7.27. The minimum absolute atomic E-state index is 0.0643. The van der Waals surface area contributed by atoms with E-state index in [1.54, 1.807) is 28.7 Å². The number of nitrogens with two attached hydrogens (primary N) is 1.